The molecule has 2 aliphatic rings. The van der Waals surface area contributed by atoms with Crippen LogP contribution in [0.15, 0.2) is 41.0 Å². The zero-order valence-electron chi connectivity index (χ0n) is 16.6. The van der Waals surface area contributed by atoms with Crippen molar-refractivity contribution in [2.45, 2.75) is 58.4 Å². The van der Waals surface area contributed by atoms with Gasteiger partial charge in [-0.15, -0.1) is 0 Å². The first-order chi connectivity index (χ1) is 12.8. The normalized spacial score (nSPS) is 24.1. The van der Waals surface area contributed by atoms with Crippen LogP contribution < -0.4 is 4.90 Å². The minimum Gasteiger partial charge on any atom is -0.467 e. The number of rotatable bonds is 3. The third kappa shape index (κ3) is 3.48. The van der Waals surface area contributed by atoms with Crippen molar-refractivity contribution in [2.24, 2.45) is 0 Å². The number of furan rings is 1. The zero-order valence-corrected chi connectivity index (χ0v) is 16.6. The molecular formula is C22H28N2O3. The summed E-state index contributed by atoms with van der Waals surface area (Å²) < 4.78 is 11.7. The Hall–Kier alpha value is -2.27. The highest BCUT2D eigenvalue weighted by Gasteiger charge is 2.35. The van der Waals surface area contributed by atoms with Gasteiger partial charge in [0.25, 0.3) is 5.91 Å². The van der Waals surface area contributed by atoms with Gasteiger partial charge in [0.1, 0.15) is 5.76 Å². The van der Waals surface area contributed by atoms with Crippen molar-refractivity contribution in [3.63, 3.8) is 0 Å². The first-order valence-electron chi connectivity index (χ1n) is 9.72. The second-order valence-corrected chi connectivity index (χ2v) is 8.44. The highest BCUT2D eigenvalue weighted by molar-refractivity contribution is 5.95. The average molecular weight is 368 g/mol. The molecule has 1 aromatic heterocycles. The quantitative estimate of drug-likeness (QED) is 0.825. The van der Waals surface area contributed by atoms with Crippen LogP contribution in [0.3, 0.4) is 0 Å². The molecule has 1 amide bonds. The molecule has 1 fully saturated rings. The molecule has 5 nitrogen and oxygen atoms in total. The maximum atomic E-state index is 13.2. The third-order valence-corrected chi connectivity index (χ3v) is 5.49. The van der Waals surface area contributed by atoms with Crippen LogP contribution in [-0.2, 0) is 17.7 Å². The van der Waals surface area contributed by atoms with Crippen LogP contribution in [0.4, 0.5) is 5.69 Å². The topological polar surface area (TPSA) is 45.9 Å². The smallest absolute Gasteiger partial charge is 0.257 e. The van der Waals surface area contributed by atoms with Crippen LogP contribution >= 0.6 is 0 Å². The first kappa shape index (κ1) is 18.1. The van der Waals surface area contributed by atoms with Gasteiger partial charge in [-0.3, -0.25) is 4.79 Å². The maximum Gasteiger partial charge on any atom is 0.257 e. The lowest BCUT2D eigenvalue weighted by molar-refractivity contribution is -0.118. The summed E-state index contributed by atoms with van der Waals surface area (Å²) in [6.07, 6.45) is 2.68. The van der Waals surface area contributed by atoms with E-state index in [2.05, 4.69) is 36.1 Å². The summed E-state index contributed by atoms with van der Waals surface area (Å²) in [6, 6.07) is 10.7. The maximum absolute atomic E-state index is 13.2. The number of ether oxygens (including phenoxy) is 1. The Morgan fingerprint density at radius 1 is 1.22 bits per heavy atom. The second kappa shape index (κ2) is 6.71. The minimum atomic E-state index is -0.334. The summed E-state index contributed by atoms with van der Waals surface area (Å²) in [5.41, 5.74) is 2.92. The molecule has 2 unspecified atom stereocenters. The van der Waals surface area contributed by atoms with E-state index in [4.69, 9.17) is 9.15 Å². The third-order valence-electron chi connectivity index (χ3n) is 5.49. The fourth-order valence-electron chi connectivity index (χ4n) is 4.46. The molecule has 0 radical (unpaired) electrons. The number of benzene rings is 1. The van der Waals surface area contributed by atoms with Gasteiger partial charge in [-0.05, 0) is 51.8 Å². The summed E-state index contributed by atoms with van der Waals surface area (Å²) in [5.74, 6) is 0.766. The van der Waals surface area contributed by atoms with Gasteiger partial charge >= 0.3 is 0 Å². The van der Waals surface area contributed by atoms with Crippen LogP contribution in [-0.4, -0.2) is 41.6 Å². The number of hydrogen-bond donors (Lipinski definition) is 0. The Balaban J connectivity index is 1.56. The fraction of sp³-hybridized carbons (Fsp3) is 0.500. The van der Waals surface area contributed by atoms with Gasteiger partial charge in [-0.2, -0.15) is 0 Å². The second-order valence-electron chi connectivity index (χ2n) is 8.44. The molecule has 2 aromatic rings. The highest BCUT2D eigenvalue weighted by atomic mass is 16.5. The Kier molecular flexibility index (Phi) is 4.50. The number of carbonyl (C=O) groups is 1. The van der Waals surface area contributed by atoms with E-state index in [0.29, 0.717) is 31.2 Å². The van der Waals surface area contributed by atoms with Crippen molar-refractivity contribution in [2.75, 3.05) is 18.0 Å². The molecule has 2 aliphatic heterocycles. The van der Waals surface area contributed by atoms with Crippen molar-refractivity contribution in [1.82, 2.24) is 4.90 Å². The Bertz CT molecular complexity index is 842. The number of hydrogen-bond acceptors (Lipinski definition) is 4. The number of amides is 1. The molecule has 2 atom stereocenters. The molecule has 0 bridgehead atoms. The summed E-state index contributed by atoms with van der Waals surface area (Å²) in [4.78, 5) is 17.4. The van der Waals surface area contributed by atoms with Crippen molar-refractivity contribution in [3.05, 3.63) is 53.5 Å². The SMILES string of the molecule is CC1CN(C(=O)c2ccoc2CN2c3ccccc3CC2C)CC(C)(C)O1. The number of fused-ring (bicyclic) bond motifs is 1. The molecule has 0 spiro atoms. The van der Waals surface area contributed by atoms with E-state index in [1.807, 2.05) is 25.7 Å². The molecule has 1 aromatic carbocycles. The van der Waals surface area contributed by atoms with E-state index in [0.717, 1.165) is 12.2 Å². The van der Waals surface area contributed by atoms with Crippen LogP contribution in [0.1, 0.15) is 49.4 Å². The molecule has 3 heterocycles. The van der Waals surface area contributed by atoms with Crippen molar-refractivity contribution in [3.8, 4) is 0 Å². The standard InChI is InChI=1S/C22H28N2O3/c1-15-11-17-7-5-6-8-19(17)24(15)13-20-18(9-10-26-20)21(25)23-12-16(2)27-22(3,4)14-23/h5-10,15-16H,11-14H2,1-4H3. The summed E-state index contributed by atoms with van der Waals surface area (Å²) in [5, 5.41) is 0. The van der Waals surface area contributed by atoms with E-state index >= 15 is 0 Å². The Morgan fingerprint density at radius 2 is 2.00 bits per heavy atom. The minimum absolute atomic E-state index is 0.0264. The Morgan fingerprint density at radius 3 is 2.78 bits per heavy atom. The van der Waals surface area contributed by atoms with E-state index in [-0.39, 0.29) is 17.6 Å². The Labute approximate surface area is 160 Å². The summed E-state index contributed by atoms with van der Waals surface area (Å²) in [7, 11) is 0. The lowest BCUT2D eigenvalue weighted by Gasteiger charge is -2.41. The van der Waals surface area contributed by atoms with Gasteiger partial charge in [-0.25, -0.2) is 0 Å². The molecule has 1 saturated heterocycles. The fourth-order valence-corrected chi connectivity index (χ4v) is 4.46. The van der Waals surface area contributed by atoms with Crippen LogP contribution in [0.5, 0.6) is 0 Å². The zero-order chi connectivity index (χ0) is 19.2. The monoisotopic (exact) mass is 368 g/mol. The number of morpholine rings is 1. The van der Waals surface area contributed by atoms with Gasteiger partial charge < -0.3 is 19.0 Å². The van der Waals surface area contributed by atoms with E-state index in [9.17, 15) is 4.79 Å². The lowest BCUT2D eigenvalue weighted by atomic mass is 10.0. The molecular weight excluding hydrogens is 340 g/mol. The summed E-state index contributed by atoms with van der Waals surface area (Å²) in [6.45, 7) is 10.1. The van der Waals surface area contributed by atoms with Crippen molar-refractivity contribution >= 4 is 11.6 Å². The molecule has 5 heteroatoms. The number of carbonyl (C=O) groups excluding carboxylic acids is 1. The molecule has 0 N–H and O–H groups in total. The van der Waals surface area contributed by atoms with Gasteiger partial charge in [0.05, 0.1) is 30.1 Å². The number of anilines is 1. The first-order valence-corrected chi connectivity index (χ1v) is 9.72. The largest absolute Gasteiger partial charge is 0.467 e. The van der Waals surface area contributed by atoms with E-state index in [1.54, 1.807) is 12.3 Å². The molecule has 4 rings (SSSR count). The number of nitrogens with zero attached hydrogens (tertiary/aromatic N) is 2. The van der Waals surface area contributed by atoms with Gasteiger partial charge in [0.15, 0.2) is 0 Å². The van der Waals surface area contributed by atoms with Crippen LogP contribution in [0.25, 0.3) is 0 Å². The number of para-hydroxylation sites is 1. The van der Waals surface area contributed by atoms with Gasteiger partial charge in [0, 0.05) is 24.8 Å². The van der Waals surface area contributed by atoms with Crippen LogP contribution in [0, 0.1) is 0 Å². The average Bonchev–Trinajstić information content (AvgIpc) is 3.17. The van der Waals surface area contributed by atoms with Gasteiger partial charge in [0.2, 0.25) is 0 Å². The van der Waals surface area contributed by atoms with E-state index in [1.165, 1.54) is 11.3 Å². The van der Waals surface area contributed by atoms with Gasteiger partial charge in [-0.1, -0.05) is 18.2 Å². The lowest BCUT2D eigenvalue weighted by Crippen LogP contribution is -2.53. The van der Waals surface area contributed by atoms with Crippen molar-refractivity contribution < 1.29 is 13.9 Å². The van der Waals surface area contributed by atoms with Crippen LogP contribution in [0.2, 0.25) is 0 Å². The van der Waals surface area contributed by atoms with Crippen molar-refractivity contribution in [1.29, 1.82) is 0 Å². The summed E-state index contributed by atoms with van der Waals surface area (Å²) >= 11 is 0. The predicted molar refractivity (Wildman–Crippen MR) is 105 cm³/mol. The molecule has 0 aliphatic carbocycles. The van der Waals surface area contributed by atoms with E-state index < -0.39 is 0 Å². The molecule has 144 valence electrons. The highest BCUT2D eigenvalue weighted by Crippen LogP contribution is 2.34. The predicted octanol–water partition coefficient (Wildman–Crippen LogP) is 3.87. The molecule has 0 saturated carbocycles. The molecule has 27 heavy (non-hydrogen) atoms.